The van der Waals surface area contributed by atoms with Crippen LogP contribution in [-0.4, -0.2) is 29.5 Å². The maximum atomic E-state index is 5.98. The number of aromatic nitrogens is 5. The summed E-state index contributed by atoms with van der Waals surface area (Å²) in [5.41, 5.74) is 7.80. The molecule has 0 aliphatic carbocycles. The van der Waals surface area contributed by atoms with Gasteiger partial charge in [0.1, 0.15) is 5.82 Å². The molecular weight excluding hydrogens is 322 g/mol. The number of hydrogen-bond donors (Lipinski definition) is 2. The van der Waals surface area contributed by atoms with Gasteiger partial charge in [-0.05, 0) is 17.7 Å². The Morgan fingerprint density at radius 3 is 2.83 bits per heavy atom. The predicted molar refractivity (Wildman–Crippen MR) is 97.9 cm³/mol. The minimum Gasteiger partial charge on any atom is -0.383 e. The monoisotopic (exact) mass is 343 g/mol. The molecule has 0 saturated carbocycles. The van der Waals surface area contributed by atoms with Gasteiger partial charge >= 0.3 is 0 Å². The van der Waals surface area contributed by atoms with Crippen LogP contribution in [0, 0.1) is 0 Å². The molecule has 0 amide bonds. The van der Waals surface area contributed by atoms with E-state index in [2.05, 4.69) is 52.2 Å². The Labute approximate surface area is 145 Å². The standard InChI is InChI=1S/C16H21N7S/c1-16(2,3)24-12-7-10(5-6-18-12)8-19-15-21-13(17)11-9-20-23(4)14(11)22-15/h5-7,9H,8H2,1-4H3,(H3,17,19,21,22). The number of anilines is 2. The fourth-order valence-electron chi connectivity index (χ4n) is 2.23. The van der Waals surface area contributed by atoms with E-state index in [-0.39, 0.29) is 4.75 Å². The molecule has 0 atom stereocenters. The number of nitrogens with two attached hydrogens (primary N) is 1. The minimum absolute atomic E-state index is 0.126. The quantitative estimate of drug-likeness (QED) is 0.703. The highest BCUT2D eigenvalue weighted by atomic mass is 32.2. The van der Waals surface area contributed by atoms with Gasteiger partial charge in [-0.15, -0.1) is 11.8 Å². The molecule has 0 unspecified atom stereocenters. The maximum Gasteiger partial charge on any atom is 0.226 e. The summed E-state index contributed by atoms with van der Waals surface area (Å²) in [7, 11) is 1.83. The van der Waals surface area contributed by atoms with E-state index >= 15 is 0 Å². The molecule has 0 fully saturated rings. The second-order valence-electron chi connectivity index (χ2n) is 6.51. The van der Waals surface area contributed by atoms with Crippen LogP contribution in [0.1, 0.15) is 26.3 Å². The van der Waals surface area contributed by atoms with Crippen molar-refractivity contribution in [3.8, 4) is 0 Å². The van der Waals surface area contributed by atoms with Gasteiger partial charge in [0.15, 0.2) is 5.65 Å². The highest BCUT2D eigenvalue weighted by Crippen LogP contribution is 2.30. The molecule has 24 heavy (non-hydrogen) atoms. The third-order valence-corrected chi connectivity index (χ3v) is 4.33. The van der Waals surface area contributed by atoms with E-state index < -0.39 is 0 Å². The first-order valence-electron chi connectivity index (χ1n) is 7.65. The van der Waals surface area contributed by atoms with Gasteiger partial charge in [-0.25, -0.2) is 4.98 Å². The highest BCUT2D eigenvalue weighted by molar-refractivity contribution is 8.00. The molecule has 0 aliphatic rings. The lowest BCUT2D eigenvalue weighted by Gasteiger charge is -2.17. The first-order valence-corrected chi connectivity index (χ1v) is 8.46. The van der Waals surface area contributed by atoms with Gasteiger partial charge in [-0.1, -0.05) is 20.8 Å². The van der Waals surface area contributed by atoms with Crippen LogP contribution >= 0.6 is 11.8 Å². The molecule has 0 aliphatic heterocycles. The number of fused-ring (bicyclic) bond motifs is 1. The van der Waals surface area contributed by atoms with Crippen LogP contribution in [0.25, 0.3) is 11.0 Å². The summed E-state index contributed by atoms with van der Waals surface area (Å²) < 4.78 is 1.81. The summed E-state index contributed by atoms with van der Waals surface area (Å²) in [4.78, 5) is 13.2. The molecule has 0 radical (unpaired) electrons. The maximum absolute atomic E-state index is 5.98. The molecule has 3 heterocycles. The number of thioether (sulfide) groups is 1. The van der Waals surface area contributed by atoms with E-state index in [1.807, 2.05) is 19.3 Å². The molecule has 8 heteroatoms. The second-order valence-corrected chi connectivity index (χ2v) is 8.36. The van der Waals surface area contributed by atoms with Crippen LogP contribution in [0.15, 0.2) is 29.6 Å². The number of rotatable bonds is 4. The molecule has 3 aromatic rings. The van der Waals surface area contributed by atoms with Crippen LogP contribution in [0.5, 0.6) is 0 Å². The van der Waals surface area contributed by atoms with Crippen molar-refractivity contribution in [3.05, 3.63) is 30.1 Å². The average Bonchev–Trinajstić information content (AvgIpc) is 2.86. The first-order chi connectivity index (χ1) is 11.3. The lowest BCUT2D eigenvalue weighted by atomic mass is 10.2. The van der Waals surface area contributed by atoms with Gasteiger partial charge in [-0.2, -0.15) is 15.1 Å². The van der Waals surface area contributed by atoms with Crippen molar-refractivity contribution in [2.45, 2.75) is 37.1 Å². The van der Waals surface area contributed by atoms with Crippen LogP contribution in [0.4, 0.5) is 11.8 Å². The van der Waals surface area contributed by atoms with E-state index in [0.29, 0.717) is 24.0 Å². The summed E-state index contributed by atoms with van der Waals surface area (Å²) >= 11 is 1.74. The molecule has 0 spiro atoms. The zero-order chi connectivity index (χ0) is 17.3. The van der Waals surface area contributed by atoms with Crippen LogP contribution in [-0.2, 0) is 13.6 Å². The normalized spacial score (nSPS) is 11.8. The SMILES string of the molecule is Cn1ncc2c(N)nc(NCc3ccnc(SC(C)(C)C)c3)nc21. The number of hydrogen-bond acceptors (Lipinski definition) is 7. The van der Waals surface area contributed by atoms with E-state index in [1.54, 1.807) is 22.6 Å². The molecule has 0 bridgehead atoms. The van der Waals surface area contributed by atoms with Crippen molar-refractivity contribution in [1.82, 2.24) is 24.7 Å². The Hall–Kier alpha value is -2.35. The van der Waals surface area contributed by atoms with Gasteiger partial charge in [0, 0.05) is 24.5 Å². The Kier molecular flexibility index (Phi) is 4.31. The molecule has 3 aromatic heterocycles. The number of nitrogen functional groups attached to an aromatic ring is 1. The molecule has 0 saturated heterocycles. The highest BCUT2D eigenvalue weighted by Gasteiger charge is 2.13. The fraction of sp³-hybridized carbons (Fsp3) is 0.375. The van der Waals surface area contributed by atoms with Gasteiger partial charge in [-0.3, -0.25) is 4.68 Å². The molecule has 126 valence electrons. The number of aryl methyl sites for hydroxylation is 1. The Morgan fingerprint density at radius 1 is 1.29 bits per heavy atom. The van der Waals surface area contributed by atoms with Gasteiger partial charge in [0.2, 0.25) is 5.95 Å². The van der Waals surface area contributed by atoms with Crippen LogP contribution < -0.4 is 11.1 Å². The fourth-order valence-corrected chi connectivity index (χ4v) is 3.19. The minimum atomic E-state index is 0.126. The number of nitrogens with one attached hydrogen (secondary N) is 1. The molecule has 0 aromatic carbocycles. The molecule has 7 nitrogen and oxygen atoms in total. The van der Waals surface area contributed by atoms with Gasteiger partial charge in [0.25, 0.3) is 0 Å². The van der Waals surface area contributed by atoms with Gasteiger partial charge in [0.05, 0.1) is 16.6 Å². The van der Waals surface area contributed by atoms with E-state index in [4.69, 9.17) is 5.73 Å². The Bertz CT molecular complexity index is 866. The molecular formula is C16H21N7S. The van der Waals surface area contributed by atoms with Crippen LogP contribution in [0.2, 0.25) is 0 Å². The van der Waals surface area contributed by atoms with Crippen molar-refractivity contribution >= 4 is 34.6 Å². The zero-order valence-corrected chi connectivity index (χ0v) is 15.1. The third-order valence-electron chi connectivity index (χ3n) is 3.28. The number of nitrogens with zero attached hydrogens (tertiary/aromatic N) is 5. The van der Waals surface area contributed by atoms with E-state index in [1.165, 1.54) is 0 Å². The first kappa shape index (κ1) is 16.5. The topological polar surface area (TPSA) is 94.5 Å². The van der Waals surface area contributed by atoms with Crippen molar-refractivity contribution in [1.29, 1.82) is 0 Å². The van der Waals surface area contributed by atoms with Crippen molar-refractivity contribution in [2.24, 2.45) is 7.05 Å². The van der Waals surface area contributed by atoms with E-state index in [0.717, 1.165) is 16.0 Å². The summed E-state index contributed by atoms with van der Waals surface area (Å²) in [5, 5.41) is 9.14. The molecule has 3 rings (SSSR count). The predicted octanol–water partition coefficient (Wildman–Crippen LogP) is 2.84. The second kappa shape index (κ2) is 6.27. The lowest BCUT2D eigenvalue weighted by molar-refractivity contribution is 0.785. The Morgan fingerprint density at radius 2 is 2.08 bits per heavy atom. The number of pyridine rings is 1. The summed E-state index contributed by atoms with van der Waals surface area (Å²) in [6.07, 6.45) is 3.50. The van der Waals surface area contributed by atoms with Gasteiger partial charge < -0.3 is 11.1 Å². The lowest BCUT2D eigenvalue weighted by Crippen LogP contribution is -2.09. The third kappa shape index (κ3) is 3.76. The zero-order valence-electron chi connectivity index (χ0n) is 14.2. The van der Waals surface area contributed by atoms with Crippen molar-refractivity contribution in [3.63, 3.8) is 0 Å². The summed E-state index contributed by atoms with van der Waals surface area (Å²) in [6.45, 7) is 7.11. The van der Waals surface area contributed by atoms with E-state index in [9.17, 15) is 0 Å². The van der Waals surface area contributed by atoms with Crippen molar-refractivity contribution in [2.75, 3.05) is 11.1 Å². The van der Waals surface area contributed by atoms with Crippen LogP contribution in [0.3, 0.4) is 0 Å². The Balaban J connectivity index is 1.76. The average molecular weight is 343 g/mol. The smallest absolute Gasteiger partial charge is 0.226 e. The van der Waals surface area contributed by atoms with Crippen molar-refractivity contribution < 1.29 is 0 Å². The summed E-state index contributed by atoms with van der Waals surface area (Å²) in [5.74, 6) is 0.916. The summed E-state index contributed by atoms with van der Waals surface area (Å²) in [6, 6.07) is 4.06. The molecule has 3 N–H and O–H groups in total. The largest absolute Gasteiger partial charge is 0.383 e.